The van der Waals surface area contributed by atoms with E-state index in [1.165, 1.54) is 11.3 Å². The van der Waals surface area contributed by atoms with Crippen LogP contribution in [0, 0.1) is 6.92 Å². The number of rotatable bonds is 6. The van der Waals surface area contributed by atoms with Crippen molar-refractivity contribution in [2.45, 2.75) is 44.8 Å². The Kier molecular flexibility index (Phi) is 6.79. The van der Waals surface area contributed by atoms with Crippen molar-refractivity contribution >= 4 is 39.9 Å². The van der Waals surface area contributed by atoms with Crippen LogP contribution in [0.3, 0.4) is 0 Å². The number of nitrogens with one attached hydrogen (secondary N) is 1. The van der Waals surface area contributed by atoms with Crippen molar-refractivity contribution in [3.8, 4) is 5.88 Å². The first-order chi connectivity index (χ1) is 12.0. The molecule has 2 aromatic heterocycles. The van der Waals surface area contributed by atoms with E-state index >= 15 is 0 Å². The maximum absolute atomic E-state index is 12.9. The van der Waals surface area contributed by atoms with Gasteiger partial charge in [0, 0.05) is 13.7 Å². The number of halogens is 1. The van der Waals surface area contributed by atoms with Gasteiger partial charge < -0.3 is 20.5 Å². The number of nitrogens with two attached hydrogens (primary N) is 1. The smallest absolute Gasteiger partial charge is 0.262 e. The molecular weight excluding hydrogens is 376 g/mol. The number of ether oxygens (including phenoxy) is 2. The summed E-state index contributed by atoms with van der Waals surface area (Å²) < 4.78 is 10.5. The standard InChI is InChI=1S/C17H24N4O3S.ClH/c1-10-12-15(24-3)19-11(8-23-2)20-16(12)25-13(10)14(22)21-17(9-18)6-4-5-7-17;/h4-9,18H2,1-3H3,(H,21,22);1H. The van der Waals surface area contributed by atoms with Gasteiger partial charge in [-0.2, -0.15) is 4.98 Å². The zero-order valence-electron chi connectivity index (χ0n) is 15.3. The zero-order valence-corrected chi connectivity index (χ0v) is 16.9. The molecule has 2 heterocycles. The molecule has 7 nitrogen and oxygen atoms in total. The number of fused-ring (bicyclic) bond motifs is 1. The predicted molar refractivity (Wildman–Crippen MR) is 104 cm³/mol. The summed E-state index contributed by atoms with van der Waals surface area (Å²) in [7, 11) is 3.16. The van der Waals surface area contributed by atoms with E-state index in [-0.39, 0.29) is 23.9 Å². The van der Waals surface area contributed by atoms with Crippen LogP contribution in [0.2, 0.25) is 0 Å². The fourth-order valence-corrected chi connectivity index (χ4v) is 4.52. The molecule has 1 amide bonds. The Morgan fingerprint density at radius 3 is 2.58 bits per heavy atom. The second kappa shape index (κ2) is 8.47. The average Bonchev–Trinajstić information content (AvgIpc) is 3.20. The Morgan fingerprint density at radius 2 is 2.00 bits per heavy atom. The first kappa shape index (κ1) is 20.8. The first-order valence-corrected chi connectivity index (χ1v) is 9.21. The molecular formula is C17H25ClN4O3S. The van der Waals surface area contributed by atoms with Gasteiger partial charge in [-0.1, -0.05) is 12.8 Å². The number of amides is 1. The molecule has 0 bridgehead atoms. The third-order valence-corrected chi connectivity index (χ3v) is 5.99. The van der Waals surface area contributed by atoms with E-state index in [0.29, 0.717) is 29.7 Å². The normalized spacial score (nSPS) is 15.7. The summed E-state index contributed by atoms with van der Waals surface area (Å²) in [4.78, 5) is 23.1. The molecule has 0 aliphatic heterocycles. The van der Waals surface area contributed by atoms with Gasteiger partial charge in [-0.15, -0.1) is 23.7 Å². The zero-order chi connectivity index (χ0) is 18.0. The second-order valence-corrected chi connectivity index (χ2v) is 7.46. The Balaban J connectivity index is 0.00000243. The minimum absolute atomic E-state index is 0. The molecule has 0 unspecified atom stereocenters. The second-order valence-electron chi connectivity index (χ2n) is 6.46. The Labute approximate surface area is 163 Å². The minimum Gasteiger partial charge on any atom is -0.480 e. The maximum atomic E-state index is 12.9. The number of methoxy groups -OCH3 is 2. The van der Waals surface area contributed by atoms with Gasteiger partial charge in [0.2, 0.25) is 5.88 Å². The molecule has 1 fully saturated rings. The summed E-state index contributed by atoms with van der Waals surface area (Å²) in [5, 5.41) is 3.95. The summed E-state index contributed by atoms with van der Waals surface area (Å²) in [5.74, 6) is 0.914. The molecule has 2 aromatic rings. The van der Waals surface area contributed by atoms with E-state index in [9.17, 15) is 4.79 Å². The van der Waals surface area contributed by atoms with Crippen LogP contribution < -0.4 is 15.8 Å². The van der Waals surface area contributed by atoms with E-state index in [1.54, 1.807) is 14.2 Å². The number of aryl methyl sites for hydroxylation is 1. The number of aromatic nitrogens is 2. The van der Waals surface area contributed by atoms with Crippen LogP contribution in [0.25, 0.3) is 10.2 Å². The van der Waals surface area contributed by atoms with Gasteiger partial charge in [0.25, 0.3) is 5.91 Å². The highest BCUT2D eigenvalue weighted by Gasteiger charge is 2.35. The fourth-order valence-electron chi connectivity index (χ4n) is 3.43. The third kappa shape index (κ3) is 3.78. The molecule has 0 atom stereocenters. The van der Waals surface area contributed by atoms with E-state index < -0.39 is 0 Å². The monoisotopic (exact) mass is 400 g/mol. The van der Waals surface area contributed by atoms with Gasteiger partial charge in [0.1, 0.15) is 11.4 Å². The van der Waals surface area contributed by atoms with Crippen molar-refractivity contribution in [2.75, 3.05) is 20.8 Å². The van der Waals surface area contributed by atoms with Crippen molar-refractivity contribution in [1.29, 1.82) is 0 Å². The highest BCUT2D eigenvalue weighted by Crippen LogP contribution is 2.36. The molecule has 0 spiro atoms. The Hall–Kier alpha value is -1.48. The summed E-state index contributed by atoms with van der Waals surface area (Å²) in [6.07, 6.45) is 4.06. The molecule has 0 aromatic carbocycles. The lowest BCUT2D eigenvalue weighted by atomic mass is 9.97. The van der Waals surface area contributed by atoms with Crippen molar-refractivity contribution in [3.63, 3.8) is 0 Å². The molecule has 1 saturated carbocycles. The molecule has 0 radical (unpaired) electrons. The van der Waals surface area contributed by atoms with Crippen LogP contribution in [0.4, 0.5) is 0 Å². The molecule has 3 N–H and O–H groups in total. The van der Waals surface area contributed by atoms with Crippen LogP contribution in [-0.2, 0) is 11.3 Å². The Morgan fingerprint density at radius 1 is 1.31 bits per heavy atom. The molecule has 9 heteroatoms. The van der Waals surface area contributed by atoms with Crippen LogP contribution in [0.1, 0.15) is 46.7 Å². The first-order valence-electron chi connectivity index (χ1n) is 8.39. The fraction of sp³-hybridized carbons (Fsp3) is 0.588. The predicted octanol–water partition coefficient (Wildman–Crippen LogP) is 2.58. The molecule has 0 saturated heterocycles. The van der Waals surface area contributed by atoms with Crippen LogP contribution in [0.5, 0.6) is 5.88 Å². The van der Waals surface area contributed by atoms with Crippen molar-refractivity contribution in [1.82, 2.24) is 15.3 Å². The topological polar surface area (TPSA) is 99.4 Å². The van der Waals surface area contributed by atoms with Gasteiger partial charge in [-0.25, -0.2) is 4.98 Å². The van der Waals surface area contributed by atoms with E-state index in [2.05, 4.69) is 15.3 Å². The average molecular weight is 401 g/mol. The minimum atomic E-state index is -0.281. The van der Waals surface area contributed by atoms with Gasteiger partial charge in [0.15, 0.2) is 5.82 Å². The van der Waals surface area contributed by atoms with Crippen LogP contribution in [0.15, 0.2) is 0 Å². The quantitative estimate of drug-likeness (QED) is 0.773. The van der Waals surface area contributed by atoms with E-state index in [1.807, 2.05) is 6.92 Å². The lowest BCUT2D eigenvalue weighted by Crippen LogP contribution is -2.51. The highest BCUT2D eigenvalue weighted by atomic mass is 35.5. The number of hydrogen-bond acceptors (Lipinski definition) is 7. The number of hydrogen-bond donors (Lipinski definition) is 2. The lowest BCUT2D eigenvalue weighted by molar-refractivity contribution is 0.0907. The summed E-state index contributed by atoms with van der Waals surface area (Å²) >= 11 is 1.35. The SMILES string of the molecule is COCc1nc(OC)c2c(C)c(C(=O)NC3(CN)CCCC3)sc2n1.Cl. The molecule has 1 aliphatic carbocycles. The van der Waals surface area contributed by atoms with Crippen molar-refractivity contribution in [3.05, 3.63) is 16.3 Å². The highest BCUT2D eigenvalue weighted by molar-refractivity contribution is 7.20. The molecule has 3 rings (SSSR count). The number of nitrogens with zero attached hydrogens (tertiary/aromatic N) is 2. The summed E-state index contributed by atoms with van der Waals surface area (Å²) in [5.41, 5.74) is 6.50. The van der Waals surface area contributed by atoms with Gasteiger partial charge in [-0.3, -0.25) is 4.79 Å². The van der Waals surface area contributed by atoms with Crippen LogP contribution >= 0.6 is 23.7 Å². The summed E-state index contributed by atoms with van der Waals surface area (Å²) in [6.45, 7) is 2.66. The number of thiophene rings is 1. The maximum Gasteiger partial charge on any atom is 0.262 e. The van der Waals surface area contributed by atoms with Crippen molar-refractivity contribution < 1.29 is 14.3 Å². The Bertz CT molecular complexity index is 790. The molecule has 1 aliphatic rings. The lowest BCUT2D eigenvalue weighted by Gasteiger charge is -2.28. The van der Waals surface area contributed by atoms with Crippen LogP contribution in [-0.4, -0.2) is 42.2 Å². The van der Waals surface area contributed by atoms with Gasteiger partial charge in [0.05, 0.1) is 22.9 Å². The molecule has 26 heavy (non-hydrogen) atoms. The number of carbonyl (C=O) groups is 1. The number of carbonyl (C=O) groups excluding carboxylic acids is 1. The largest absolute Gasteiger partial charge is 0.480 e. The third-order valence-electron chi connectivity index (χ3n) is 4.81. The van der Waals surface area contributed by atoms with Crippen molar-refractivity contribution in [2.24, 2.45) is 5.73 Å². The van der Waals surface area contributed by atoms with E-state index in [4.69, 9.17) is 15.2 Å². The summed E-state index contributed by atoms with van der Waals surface area (Å²) in [6, 6.07) is 0. The van der Waals surface area contributed by atoms with E-state index in [0.717, 1.165) is 41.5 Å². The van der Waals surface area contributed by atoms with Gasteiger partial charge >= 0.3 is 0 Å². The van der Waals surface area contributed by atoms with Gasteiger partial charge in [-0.05, 0) is 25.3 Å². The molecule has 144 valence electrons.